The number of halogens is 1. The Morgan fingerprint density at radius 3 is 2.67 bits per heavy atom. The molecule has 1 atom stereocenters. The molecule has 0 saturated carbocycles. The quantitative estimate of drug-likeness (QED) is 0.902. The molecule has 0 spiro atoms. The molecule has 1 aromatic rings. The van der Waals surface area contributed by atoms with Crippen LogP contribution >= 0.6 is 15.9 Å². The van der Waals surface area contributed by atoms with Gasteiger partial charge in [0.15, 0.2) is 0 Å². The fraction of sp³-hybridized carbons (Fsp3) is 0.571. The molecule has 1 saturated heterocycles. The lowest BCUT2D eigenvalue weighted by molar-refractivity contribution is 0.203. The molecule has 4 heteroatoms. The van der Waals surface area contributed by atoms with Crippen LogP contribution in [0, 0.1) is 5.92 Å². The van der Waals surface area contributed by atoms with Gasteiger partial charge in [-0.15, -0.1) is 0 Å². The molecule has 0 radical (unpaired) electrons. The van der Waals surface area contributed by atoms with Gasteiger partial charge in [0.1, 0.15) is 0 Å². The number of rotatable bonds is 3. The van der Waals surface area contributed by atoms with Crippen LogP contribution in [0.2, 0.25) is 0 Å². The number of piperidine rings is 1. The molecule has 1 aromatic carbocycles. The molecule has 1 heterocycles. The van der Waals surface area contributed by atoms with Crippen molar-refractivity contribution in [1.82, 2.24) is 0 Å². The Bertz CT molecular complexity index is 401. The first-order valence-corrected chi connectivity index (χ1v) is 7.32. The van der Waals surface area contributed by atoms with Crippen molar-refractivity contribution in [2.24, 2.45) is 11.7 Å². The number of hydrogen-bond acceptors (Lipinski definition) is 3. The summed E-state index contributed by atoms with van der Waals surface area (Å²) in [4.78, 5) is 2.38. The van der Waals surface area contributed by atoms with E-state index < -0.39 is 0 Å². The third-order valence-electron chi connectivity index (χ3n) is 3.70. The maximum absolute atomic E-state index is 9.19. The van der Waals surface area contributed by atoms with E-state index in [0.29, 0.717) is 12.5 Å². The van der Waals surface area contributed by atoms with E-state index in [1.54, 1.807) is 0 Å². The predicted molar refractivity (Wildman–Crippen MR) is 78.8 cm³/mol. The van der Waals surface area contributed by atoms with E-state index in [1.165, 1.54) is 11.3 Å². The second-order valence-electron chi connectivity index (χ2n) is 5.10. The molecule has 2 rings (SSSR count). The van der Waals surface area contributed by atoms with E-state index in [4.69, 9.17) is 5.73 Å². The van der Waals surface area contributed by atoms with Gasteiger partial charge in [-0.25, -0.2) is 0 Å². The number of hydrogen-bond donors (Lipinski definition) is 2. The fourth-order valence-electron chi connectivity index (χ4n) is 2.53. The summed E-state index contributed by atoms with van der Waals surface area (Å²) >= 11 is 3.53. The van der Waals surface area contributed by atoms with E-state index in [0.717, 1.165) is 30.4 Å². The van der Waals surface area contributed by atoms with Crippen molar-refractivity contribution in [3.8, 4) is 0 Å². The first kappa shape index (κ1) is 13.8. The minimum atomic E-state index is 0.0451. The molecule has 1 aliphatic heterocycles. The van der Waals surface area contributed by atoms with Crippen molar-refractivity contribution in [1.29, 1.82) is 0 Å². The van der Waals surface area contributed by atoms with Crippen molar-refractivity contribution >= 4 is 21.6 Å². The number of nitrogens with zero attached hydrogens (tertiary/aromatic N) is 1. The van der Waals surface area contributed by atoms with Gasteiger partial charge in [-0.2, -0.15) is 0 Å². The number of anilines is 1. The van der Waals surface area contributed by atoms with Crippen LogP contribution in [0.4, 0.5) is 5.69 Å². The number of nitrogens with two attached hydrogens (primary N) is 1. The number of aliphatic hydroxyl groups excluding tert-OH is 1. The Labute approximate surface area is 117 Å². The first-order valence-electron chi connectivity index (χ1n) is 6.52. The van der Waals surface area contributed by atoms with E-state index in [9.17, 15) is 5.11 Å². The molecule has 1 unspecified atom stereocenters. The fourth-order valence-corrected chi connectivity index (χ4v) is 2.88. The third-order valence-corrected chi connectivity index (χ3v) is 4.19. The zero-order chi connectivity index (χ0) is 13.1. The van der Waals surface area contributed by atoms with Crippen LogP contribution in [0.3, 0.4) is 0 Å². The molecular weight excluding hydrogens is 292 g/mol. The molecule has 0 aromatic heterocycles. The van der Waals surface area contributed by atoms with E-state index >= 15 is 0 Å². The lowest BCUT2D eigenvalue weighted by Crippen LogP contribution is -2.35. The van der Waals surface area contributed by atoms with Gasteiger partial charge in [0.05, 0.1) is 0 Å². The average molecular weight is 313 g/mol. The van der Waals surface area contributed by atoms with Crippen LogP contribution in [0.25, 0.3) is 0 Å². The highest BCUT2D eigenvalue weighted by Crippen LogP contribution is 2.31. The number of benzene rings is 1. The lowest BCUT2D eigenvalue weighted by atomic mass is 9.96. The van der Waals surface area contributed by atoms with Crippen molar-refractivity contribution < 1.29 is 5.11 Å². The minimum absolute atomic E-state index is 0.0451. The highest BCUT2D eigenvalue weighted by molar-refractivity contribution is 9.10. The molecule has 18 heavy (non-hydrogen) atoms. The molecule has 3 nitrogen and oxygen atoms in total. The molecule has 1 fully saturated rings. The molecule has 0 aliphatic carbocycles. The van der Waals surface area contributed by atoms with Gasteiger partial charge >= 0.3 is 0 Å². The smallest absolute Gasteiger partial charge is 0.0460 e. The van der Waals surface area contributed by atoms with E-state index in [-0.39, 0.29) is 6.04 Å². The van der Waals surface area contributed by atoms with Gasteiger partial charge < -0.3 is 15.7 Å². The summed E-state index contributed by atoms with van der Waals surface area (Å²) in [5.41, 5.74) is 8.47. The lowest BCUT2D eigenvalue weighted by Gasteiger charge is -2.34. The Balaban J connectivity index is 2.20. The monoisotopic (exact) mass is 312 g/mol. The SMILES string of the molecule is CC(N)c1ccc(Br)cc1N1CCC(CO)CC1. The molecular formula is C14H21BrN2O. The number of aliphatic hydroxyl groups is 1. The van der Waals surface area contributed by atoms with Gasteiger partial charge in [-0.05, 0) is 43.4 Å². The van der Waals surface area contributed by atoms with Crippen molar-refractivity contribution in [2.45, 2.75) is 25.8 Å². The molecule has 1 aliphatic rings. The molecule has 100 valence electrons. The Morgan fingerprint density at radius 2 is 2.11 bits per heavy atom. The standard InChI is InChI=1S/C14H21BrN2O/c1-10(16)13-3-2-12(15)8-14(13)17-6-4-11(9-18)5-7-17/h2-3,8,10-11,18H,4-7,9,16H2,1H3. The largest absolute Gasteiger partial charge is 0.396 e. The summed E-state index contributed by atoms with van der Waals surface area (Å²) in [6.07, 6.45) is 2.11. The van der Waals surface area contributed by atoms with Crippen LogP contribution in [-0.4, -0.2) is 24.8 Å². The van der Waals surface area contributed by atoms with E-state index in [1.807, 2.05) is 13.0 Å². The second kappa shape index (κ2) is 6.04. The zero-order valence-electron chi connectivity index (χ0n) is 10.8. The zero-order valence-corrected chi connectivity index (χ0v) is 12.4. The summed E-state index contributed by atoms with van der Waals surface area (Å²) in [6.45, 7) is 4.34. The van der Waals surface area contributed by atoms with Crippen LogP contribution in [-0.2, 0) is 0 Å². The molecule has 0 amide bonds. The van der Waals surface area contributed by atoms with Crippen molar-refractivity contribution in [3.05, 3.63) is 28.2 Å². The Kier molecular flexibility index (Phi) is 4.65. The summed E-state index contributed by atoms with van der Waals surface area (Å²) in [5.74, 6) is 0.465. The topological polar surface area (TPSA) is 49.5 Å². The minimum Gasteiger partial charge on any atom is -0.396 e. The summed E-state index contributed by atoms with van der Waals surface area (Å²) < 4.78 is 1.09. The van der Waals surface area contributed by atoms with E-state index in [2.05, 4.69) is 33.0 Å². The second-order valence-corrected chi connectivity index (χ2v) is 6.02. The maximum Gasteiger partial charge on any atom is 0.0460 e. The van der Waals surface area contributed by atoms with Crippen molar-refractivity contribution in [3.63, 3.8) is 0 Å². The first-order chi connectivity index (χ1) is 8.61. The van der Waals surface area contributed by atoms with Crippen LogP contribution in [0.15, 0.2) is 22.7 Å². The van der Waals surface area contributed by atoms with Crippen LogP contribution in [0.1, 0.15) is 31.4 Å². The van der Waals surface area contributed by atoms with Gasteiger partial charge in [0.2, 0.25) is 0 Å². The molecule has 3 N–H and O–H groups in total. The normalized spacial score (nSPS) is 19.0. The van der Waals surface area contributed by atoms with Crippen LogP contribution in [0.5, 0.6) is 0 Å². The highest BCUT2D eigenvalue weighted by atomic mass is 79.9. The van der Waals surface area contributed by atoms with Gasteiger partial charge in [-0.1, -0.05) is 22.0 Å². The van der Waals surface area contributed by atoms with Crippen molar-refractivity contribution in [2.75, 3.05) is 24.6 Å². The Morgan fingerprint density at radius 1 is 1.44 bits per heavy atom. The van der Waals surface area contributed by atoms with Gasteiger partial charge in [-0.3, -0.25) is 0 Å². The third kappa shape index (κ3) is 3.05. The summed E-state index contributed by atoms with van der Waals surface area (Å²) in [6, 6.07) is 6.34. The van der Waals surface area contributed by atoms with Gasteiger partial charge in [0, 0.05) is 35.9 Å². The van der Waals surface area contributed by atoms with Crippen LogP contribution < -0.4 is 10.6 Å². The Hall–Kier alpha value is -0.580. The van der Waals surface area contributed by atoms with Gasteiger partial charge in [0.25, 0.3) is 0 Å². The highest BCUT2D eigenvalue weighted by Gasteiger charge is 2.21. The summed E-state index contributed by atoms with van der Waals surface area (Å²) in [7, 11) is 0. The average Bonchev–Trinajstić information content (AvgIpc) is 2.38. The molecule has 0 bridgehead atoms. The maximum atomic E-state index is 9.19. The predicted octanol–water partition coefficient (Wildman–Crippen LogP) is 2.68. The summed E-state index contributed by atoms with van der Waals surface area (Å²) in [5, 5.41) is 9.19.